The molecular weight excluding hydrogens is 232 g/mol. The number of anilines is 1. The van der Waals surface area contributed by atoms with Gasteiger partial charge in [0, 0.05) is 18.9 Å². The van der Waals surface area contributed by atoms with Gasteiger partial charge in [-0.05, 0) is 29.8 Å². The molecule has 0 saturated heterocycles. The first kappa shape index (κ1) is 11.6. The minimum atomic E-state index is 0.832. The molecule has 19 heavy (non-hydrogen) atoms. The van der Waals surface area contributed by atoms with Crippen LogP contribution in [0.3, 0.4) is 0 Å². The summed E-state index contributed by atoms with van der Waals surface area (Å²) in [6.45, 7) is 0.832. The zero-order valence-electron chi connectivity index (χ0n) is 10.7. The summed E-state index contributed by atoms with van der Waals surface area (Å²) >= 11 is 0. The molecule has 0 aliphatic rings. The molecule has 2 aromatic carbocycles. The summed E-state index contributed by atoms with van der Waals surface area (Å²) in [4.78, 5) is 0. The average molecular weight is 248 g/mol. The van der Waals surface area contributed by atoms with Gasteiger partial charge in [0.05, 0.1) is 11.4 Å². The highest BCUT2D eigenvalue weighted by molar-refractivity contribution is 5.61. The van der Waals surface area contributed by atoms with Crippen LogP contribution in [-0.4, -0.2) is 4.57 Å². The summed E-state index contributed by atoms with van der Waals surface area (Å²) in [7, 11) is 0. The third-order valence-electron chi connectivity index (χ3n) is 3.11. The van der Waals surface area contributed by atoms with E-state index < -0.39 is 0 Å². The quantitative estimate of drug-likeness (QED) is 0.736. The molecular formula is C17H16N2. The van der Waals surface area contributed by atoms with E-state index >= 15 is 0 Å². The largest absolute Gasteiger partial charge is 0.379 e. The molecule has 0 aliphatic heterocycles. The van der Waals surface area contributed by atoms with Crippen molar-refractivity contribution >= 4 is 5.69 Å². The summed E-state index contributed by atoms with van der Waals surface area (Å²) in [6.07, 6.45) is 4.12. The van der Waals surface area contributed by atoms with Crippen LogP contribution >= 0.6 is 0 Å². The van der Waals surface area contributed by atoms with Crippen molar-refractivity contribution in [2.45, 2.75) is 6.54 Å². The molecule has 94 valence electrons. The molecule has 0 fully saturated rings. The number of benzene rings is 2. The molecule has 0 spiro atoms. The first-order valence-electron chi connectivity index (χ1n) is 6.44. The van der Waals surface area contributed by atoms with Gasteiger partial charge in [-0.1, -0.05) is 42.5 Å². The number of aromatic nitrogens is 1. The minimum absolute atomic E-state index is 0.832. The lowest BCUT2D eigenvalue weighted by molar-refractivity contribution is 1.06. The van der Waals surface area contributed by atoms with Crippen molar-refractivity contribution in [3.05, 3.63) is 84.7 Å². The van der Waals surface area contributed by atoms with E-state index in [0.717, 1.165) is 12.2 Å². The number of rotatable bonds is 4. The van der Waals surface area contributed by atoms with Crippen molar-refractivity contribution in [2.75, 3.05) is 5.32 Å². The molecule has 2 heteroatoms. The molecule has 0 amide bonds. The molecule has 1 aromatic heterocycles. The molecule has 3 aromatic rings. The Bertz CT molecular complexity index is 627. The SMILES string of the molecule is c1ccc(CNc2ccccc2-n2cccc2)cc1. The molecule has 0 unspecified atom stereocenters. The lowest BCUT2D eigenvalue weighted by Crippen LogP contribution is -2.03. The predicted molar refractivity (Wildman–Crippen MR) is 79.5 cm³/mol. The maximum Gasteiger partial charge on any atom is 0.0682 e. The lowest BCUT2D eigenvalue weighted by atomic mass is 10.2. The van der Waals surface area contributed by atoms with Crippen molar-refractivity contribution in [1.29, 1.82) is 0 Å². The fraction of sp³-hybridized carbons (Fsp3) is 0.0588. The van der Waals surface area contributed by atoms with Crippen molar-refractivity contribution in [3.63, 3.8) is 0 Å². The average Bonchev–Trinajstić information content (AvgIpc) is 3.01. The fourth-order valence-electron chi connectivity index (χ4n) is 2.14. The van der Waals surface area contributed by atoms with Crippen molar-refractivity contribution in [3.8, 4) is 5.69 Å². The van der Waals surface area contributed by atoms with Crippen LogP contribution in [-0.2, 0) is 6.54 Å². The normalized spacial score (nSPS) is 10.3. The number of hydrogen-bond acceptors (Lipinski definition) is 1. The summed E-state index contributed by atoms with van der Waals surface area (Å²) in [5, 5.41) is 3.50. The van der Waals surface area contributed by atoms with E-state index in [-0.39, 0.29) is 0 Å². The second kappa shape index (κ2) is 5.44. The van der Waals surface area contributed by atoms with E-state index in [4.69, 9.17) is 0 Å². The predicted octanol–water partition coefficient (Wildman–Crippen LogP) is 4.09. The van der Waals surface area contributed by atoms with Crippen LogP contribution < -0.4 is 5.32 Å². The third-order valence-corrected chi connectivity index (χ3v) is 3.11. The minimum Gasteiger partial charge on any atom is -0.379 e. The number of para-hydroxylation sites is 2. The Hall–Kier alpha value is -2.48. The molecule has 1 heterocycles. The zero-order valence-corrected chi connectivity index (χ0v) is 10.7. The van der Waals surface area contributed by atoms with Gasteiger partial charge in [0.15, 0.2) is 0 Å². The molecule has 0 aliphatic carbocycles. The van der Waals surface area contributed by atoms with Gasteiger partial charge in [-0.15, -0.1) is 0 Å². The van der Waals surface area contributed by atoms with Gasteiger partial charge >= 0.3 is 0 Å². The summed E-state index contributed by atoms with van der Waals surface area (Å²) in [5.74, 6) is 0. The maximum absolute atomic E-state index is 3.50. The topological polar surface area (TPSA) is 17.0 Å². The Morgan fingerprint density at radius 3 is 2.21 bits per heavy atom. The first-order chi connectivity index (χ1) is 9.43. The van der Waals surface area contributed by atoms with E-state index in [1.807, 2.05) is 18.2 Å². The highest BCUT2D eigenvalue weighted by Crippen LogP contribution is 2.20. The fourth-order valence-corrected chi connectivity index (χ4v) is 2.14. The Balaban J connectivity index is 1.82. The summed E-state index contributed by atoms with van der Waals surface area (Å²) in [6, 6.07) is 22.8. The number of nitrogens with one attached hydrogen (secondary N) is 1. The smallest absolute Gasteiger partial charge is 0.0682 e. The Labute approximate surface area is 113 Å². The highest BCUT2D eigenvalue weighted by Gasteiger charge is 2.02. The monoisotopic (exact) mass is 248 g/mol. The van der Waals surface area contributed by atoms with Crippen LogP contribution in [0.1, 0.15) is 5.56 Å². The highest BCUT2D eigenvalue weighted by atomic mass is 15.0. The summed E-state index contributed by atoms with van der Waals surface area (Å²) < 4.78 is 2.12. The van der Waals surface area contributed by atoms with Gasteiger partial charge in [-0.2, -0.15) is 0 Å². The molecule has 1 N–H and O–H groups in total. The summed E-state index contributed by atoms with van der Waals surface area (Å²) in [5.41, 5.74) is 3.59. The van der Waals surface area contributed by atoms with Crippen molar-refractivity contribution in [2.24, 2.45) is 0 Å². The zero-order chi connectivity index (χ0) is 12.9. The molecule has 0 bridgehead atoms. The van der Waals surface area contributed by atoms with Gasteiger partial charge in [-0.3, -0.25) is 0 Å². The van der Waals surface area contributed by atoms with Crippen LogP contribution in [0.5, 0.6) is 0 Å². The van der Waals surface area contributed by atoms with E-state index in [2.05, 4.69) is 70.8 Å². The van der Waals surface area contributed by atoms with Crippen LogP contribution in [0.25, 0.3) is 5.69 Å². The second-order valence-corrected chi connectivity index (χ2v) is 4.45. The van der Waals surface area contributed by atoms with Gasteiger partial charge in [0.25, 0.3) is 0 Å². The third kappa shape index (κ3) is 2.68. The van der Waals surface area contributed by atoms with Gasteiger partial charge < -0.3 is 9.88 Å². The Morgan fingerprint density at radius 2 is 1.42 bits per heavy atom. The van der Waals surface area contributed by atoms with Crippen LogP contribution in [0.4, 0.5) is 5.69 Å². The van der Waals surface area contributed by atoms with Crippen LogP contribution in [0.15, 0.2) is 79.1 Å². The van der Waals surface area contributed by atoms with E-state index in [1.54, 1.807) is 0 Å². The van der Waals surface area contributed by atoms with E-state index in [1.165, 1.54) is 11.3 Å². The van der Waals surface area contributed by atoms with Crippen molar-refractivity contribution < 1.29 is 0 Å². The van der Waals surface area contributed by atoms with Crippen LogP contribution in [0, 0.1) is 0 Å². The molecule has 2 nitrogen and oxygen atoms in total. The second-order valence-electron chi connectivity index (χ2n) is 4.45. The Morgan fingerprint density at radius 1 is 0.737 bits per heavy atom. The number of nitrogens with zero attached hydrogens (tertiary/aromatic N) is 1. The lowest BCUT2D eigenvalue weighted by Gasteiger charge is -2.12. The molecule has 3 rings (SSSR count). The molecule has 0 atom stereocenters. The molecule has 0 radical (unpaired) electrons. The molecule has 0 saturated carbocycles. The number of hydrogen-bond donors (Lipinski definition) is 1. The maximum atomic E-state index is 3.50. The Kier molecular flexibility index (Phi) is 3.32. The van der Waals surface area contributed by atoms with E-state index in [9.17, 15) is 0 Å². The first-order valence-corrected chi connectivity index (χ1v) is 6.44. The van der Waals surface area contributed by atoms with Crippen LogP contribution in [0.2, 0.25) is 0 Å². The standard InChI is InChI=1S/C17H16N2/c1-2-8-15(9-3-1)14-18-16-10-4-5-11-17(16)19-12-6-7-13-19/h1-13,18H,14H2. The van der Waals surface area contributed by atoms with Gasteiger partial charge in [0.2, 0.25) is 0 Å². The van der Waals surface area contributed by atoms with Gasteiger partial charge in [-0.25, -0.2) is 0 Å². The van der Waals surface area contributed by atoms with Crippen molar-refractivity contribution in [1.82, 2.24) is 4.57 Å². The van der Waals surface area contributed by atoms with E-state index in [0.29, 0.717) is 0 Å². The van der Waals surface area contributed by atoms with Gasteiger partial charge in [0.1, 0.15) is 0 Å².